The predicted octanol–water partition coefficient (Wildman–Crippen LogP) is 3.04. The van der Waals surface area contributed by atoms with E-state index in [1.54, 1.807) is 17.5 Å². The van der Waals surface area contributed by atoms with Gasteiger partial charge in [-0.05, 0) is 17.7 Å². The molecule has 0 spiro atoms. The lowest BCUT2D eigenvalue weighted by Crippen LogP contribution is -2.40. The van der Waals surface area contributed by atoms with E-state index in [2.05, 4.69) is 4.98 Å². The first-order chi connectivity index (χ1) is 11.0. The second kappa shape index (κ2) is 8.40. The summed E-state index contributed by atoms with van der Waals surface area (Å²) in [5, 5.41) is 20.2. The SMILES string of the molecule is CC.COC(Cc1cccc(C(=O)O)c1)(C(=O)O)c1cscn1. The van der Waals surface area contributed by atoms with Gasteiger partial charge in [0, 0.05) is 18.9 Å². The number of hydrogen-bond donors (Lipinski definition) is 2. The molecule has 1 aromatic heterocycles. The lowest BCUT2D eigenvalue weighted by Gasteiger charge is -2.26. The number of aromatic nitrogens is 1. The van der Waals surface area contributed by atoms with Crippen molar-refractivity contribution in [1.29, 1.82) is 0 Å². The zero-order chi connectivity index (χ0) is 17.5. The molecule has 2 rings (SSSR count). The summed E-state index contributed by atoms with van der Waals surface area (Å²) in [7, 11) is 1.30. The fourth-order valence-electron chi connectivity index (χ4n) is 2.05. The van der Waals surface area contributed by atoms with Crippen molar-refractivity contribution in [2.24, 2.45) is 0 Å². The highest BCUT2D eigenvalue weighted by Gasteiger charge is 2.42. The van der Waals surface area contributed by atoms with E-state index in [4.69, 9.17) is 9.84 Å². The zero-order valence-corrected chi connectivity index (χ0v) is 14.0. The van der Waals surface area contributed by atoms with Gasteiger partial charge in [0.2, 0.25) is 5.60 Å². The molecule has 1 aromatic carbocycles. The number of rotatable bonds is 6. The molecule has 1 heterocycles. The minimum absolute atomic E-state index is 0.0102. The van der Waals surface area contributed by atoms with Crippen molar-refractivity contribution in [2.45, 2.75) is 25.9 Å². The summed E-state index contributed by atoms with van der Waals surface area (Å²) < 4.78 is 5.25. The molecule has 1 atom stereocenters. The monoisotopic (exact) mass is 337 g/mol. The van der Waals surface area contributed by atoms with Gasteiger partial charge in [0.05, 0.1) is 16.8 Å². The average Bonchev–Trinajstić information content (AvgIpc) is 3.09. The number of ether oxygens (including phenoxy) is 1. The van der Waals surface area contributed by atoms with Crippen LogP contribution >= 0.6 is 11.3 Å². The zero-order valence-electron chi connectivity index (χ0n) is 13.1. The van der Waals surface area contributed by atoms with Gasteiger partial charge in [0.25, 0.3) is 0 Å². The standard InChI is InChI=1S/C14H13NO5S.C2H6/c1-20-14(13(18)19,11-7-21-8-15-11)6-9-3-2-4-10(5-9)12(16)17;1-2/h2-5,7-8H,6H2,1H3,(H,16,17)(H,18,19);1-2H3. The smallest absolute Gasteiger partial charge is 0.342 e. The third-order valence-corrected chi connectivity index (χ3v) is 3.75. The number of aliphatic carboxylic acids is 1. The van der Waals surface area contributed by atoms with Crippen molar-refractivity contribution in [3.63, 3.8) is 0 Å². The van der Waals surface area contributed by atoms with Gasteiger partial charge in [-0.1, -0.05) is 26.0 Å². The van der Waals surface area contributed by atoms with Crippen LogP contribution in [0.15, 0.2) is 35.2 Å². The van der Waals surface area contributed by atoms with Crippen molar-refractivity contribution in [3.05, 3.63) is 52.0 Å². The molecule has 0 fully saturated rings. The number of hydrogen-bond acceptors (Lipinski definition) is 5. The van der Waals surface area contributed by atoms with Crippen LogP contribution in [0.4, 0.5) is 0 Å². The number of aromatic carboxylic acids is 1. The van der Waals surface area contributed by atoms with Crippen molar-refractivity contribution in [1.82, 2.24) is 4.98 Å². The van der Waals surface area contributed by atoms with Gasteiger partial charge in [-0.3, -0.25) is 0 Å². The maximum absolute atomic E-state index is 11.7. The van der Waals surface area contributed by atoms with Crippen LogP contribution in [0.2, 0.25) is 0 Å². The Hall–Kier alpha value is -2.25. The summed E-state index contributed by atoms with van der Waals surface area (Å²) in [6, 6.07) is 6.12. The van der Waals surface area contributed by atoms with Crippen molar-refractivity contribution in [2.75, 3.05) is 7.11 Å². The van der Waals surface area contributed by atoms with Crippen LogP contribution < -0.4 is 0 Å². The first-order valence-corrected chi connectivity index (χ1v) is 7.93. The summed E-state index contributed by atoms with van der Waals surface area (Å²) >= 11 is 1.27. The molecule has 7 heteroatoms. The lowest BCUT2D eigenvalue weighted by molar-refractivity contribution is -0.164. The molecule has 23 heavy (non-hydrogen) atoms. The second-order valence-corrected chi connectivity index (χ2v) is 5.11. The molecule has 0 bridgehead atoms. The van der Waals surface area contributed by atoms with E-state index in [1.165, 1.54) is 36.1 Å². The number of carbonyl (C=O) groups is 2. The Morgan fingerprint density at radius 2 is 2.00 bits per heavy atom. The van der Waals surface area contributed by atoms with Crippen molar-refractivity contribution < 1.29 is 24.5 Å². The summed E-state index contributed by atoms with van der Waals surface area (Å²) in [6.07, 6.45) is -0.0102. The van der Waals surface area contributed by atoms with Crippen molar-refractivity contribution >= 4 is 23.3 Å². The Morgan fingerprint density at radius 3 is 2.48 bits per heavy atom. The topological polar surface area (TPSA) is 96.7 Å². The van der Waals surface area contributed by atoms with Crippen LogP contribution in [0, 0.1) is 0 Å². The molecule has 6 nitrogen and oxygen atoms in total. The Bertz CT molecular complexity index is 656. The van der Waals surface area contributed by atoms with E-state index in [-0.39, 0.29) is 12.0 Å². The molecule has 124 valence electrons. The third kappa shape index (κ3) is 4.14. The summed E-state index contributed by atoms with van der Waals surface area (Å²) in [6.45, 7) is 4.00. The molecule has 0 saturated carbocycles. The molecule has 0 amide bonds. The van der Waals surface area contributed by atoms with Gasteiger partial charge in [-0.2, -0.15) is 0 Å². The number of nitrogens with zero attached hydrogens (tertiary/aromatic N) is 1. The van der Waals surface area contributed by atoms with Gasteiger partial charge >= 0.3 is 11.9 Å². The highest BCUT2D eigenvalue weighted by molar-refractivity contribution is 7.07. The van der Waals surface area contributed by atoms with Crippen LogP contribution in [0.1, 0.15) is 35.5 Å². The molecule has 0 aliphatic rings. The van der Waals surface area contributed by atoms with Crippen LogP contribution in [0.25, 0.3) is 0 Å². The van der Waals surface area contributed by atoms with E-state index < -0.39 is 17.5 Å². The number of carboxylic acid groups (broad SMARTS) is 2. The van der Waals surface area contributed by atoms with Gasteiger partial charge in [-0.15, -0.1) is 11.3 Å². The fraction of sp³-hybridized carbons (Fsp3) is 0.312. The van der Waals surface area contributed by atoms with Gasteiger partial charge < -0.3 is 14.9 Å². The van der Waals surface area contributed by atoms with Crippen LogP contribution in [0.5, 0.6) is 0 Å². The summed E-state index contributed by atoms with van der Waals surface area (Å²) in [5.74, 6) is -2.24. The third-order valence-electron chi connectivity index (χ3n) is 3.17. The molecular formula is C16H19NO5S. The molecule has 0 aliphatic carbocycles. The van der Waals surface area contributed by atoms with Gasteiger partial charge in [-0.25, -0.2) is 14.6 Å². The first kappa shape index (κ1) is 18.8. The Morgan fingerprint density at radius 1 is 1.30 bits per heavy atom. The lowest BCUT2D eigenvalue weighted by atomic mass is 9.91. The van der Waals surface area contributed by atoms with Crippen LogP contribution in [0.3, 0.4) is 0 Å². The number of benzene rings is 1. The number of thiazole rings is 1. The largest absolute Gasteiger partial charge is 0.479 e. The minimum atomic E-state index is -1.63. The quantitative estimate of drug-likeness (QED) is 0.841. The normalized spacial score (nSPS) is 12.7. The number of carboxylic acids is 2. The molecule has 0 radical (unpaired) electrons. The summed E-state index contributed by atoms with van der Waals surface area (Å²) in [4.78, 5) is 26.7. The van der Waals surface area contributed by atoms with Crippen molar-refractivity contribution in [3.8, 4) is 0 Å². The average molecular weight is 337 g/mol. The fourth-order valence-corrected chi connectivity index (χ4v) is 2.67. The highest BCUT2D eigenvalue weighted by atomic mass is 32.1. The van der Waals surface area contributed by atoms with Crippen LogP contribution in [-0.2, 0) is 21.6 Å². The molecule has 0 saturated heterocycles. The van der Waals surface area contributed by atoms with E-state index in [0.717, 1.165) is 0 Å². The van der Waals surface area contributed by atoms with Crippen LogP contribution in [-0.4, -0.2) is 34.2 Å². The molecular weight excluding hydrogens is 318 g/mol. The maximum Gasteiger partial charge on any atom is 0.342 e. The van der Waals surface area contributed by atoms with Gasteiger partial charge in [0.1, 0.15) is 0 Å². The molecule has 1 unspecified atom stereocenters. The Kier molecular flexibility index (Phi) is 6.87. The molecule has 2 aromatic rings. The van der Waals surface area contributed by atoms with E-state index in [1.807, 2.05) is 13.8 Å². The Labute approximate surface area is 138 Å². The Balaban J connectivity index is 0.00000127. The molecule has 0 aliphatic heterocycles. The summed E-state index contributed by atoms with van der Waals surface area (Å²) in [5.41, 5.74) is 0.841. The van der Waals surface area contributed by atoms with E-state index in [0.29, 0.717) is 11.3 Å². The maximum atomic E-state index is 11.7. The highest BCUT2D eigenvalue weighted by Crippen LogP contribution is 2.30. The second-order valence-electron chi connectivity index (χ2n) is 4.39. The van der Waals surface area contributed by atoms with E-state index in [9.17, 15) is 14.7 Å². The number of methoxy groups -OCH3 is 1. The minimum Gasteiger partial charge on any atom is -0.479 e. The molecule has 2 N–H and O–H groups in total. The predicted molar refractivity (Wildman–Crippen MR) is 86.9 cm³/mol. The van der Waals surface area contributed by atoms with Gasteiger partial charge in [0.15, 0.2) is 0 Å². The van der Waals surface area contributed by atoms with E-state index >= 15 is 0 Å². The first-order valence-electron chi connectivity index (χ1n) is 6.99.